The second-order valence-corrected chi connectivity index (χ2v) is 3.70. The van der Waals surface area contributed by atoms with E-state index in [1.54, 1.807) is 0 Å². The van der Waals surface area contributed by atoms with Crippen LogP contribution in [-0.2, 0) is 0 Å². The molecule has 1 aliphatic heterocycles. The molecule has 1 rings (SSSR count). The van der Waals surface area contributed by atoms with Crippen LogP contribution < -0.4 is 5.32 Å². The molecule has 2 nitrogen and oxygen atoms in total. The van der Waals surface area contributed by atoms with Crippen molar-refractivity contribution in [3.8, 4) is 0 Å². The molecule has 0 bridgehead atoms. The lowest BCUT2D eigenvalue weighted by molar-refractivity contribution is 0.225. The summed E-state index contributed by atoms with van der Waals surface area (Å²) in [6, 6.07) is 0. The minimum Gasteiger partial charge on any atom is -0.316 e. The number of rotatable bonds is 4. The van der Waals surface area contributed by atoms with Crippen molar-refractivity contribution in [1.82, 2.24) is 10.2 Å². The highest BCUT2D eigenvalue weighted by Gasteiger charge is 2.14. The maximum Gasteiger partial charge on any atom is 0.00216 e. The summed E-state index contributed by atoms with van der Waals surface area (Å²) in [5.74, 6) is 0.902. The van der Waals surface area contributed by atoms with E-state index >= 15 is 0 Å². The standard InChI is InChI=1S/C10H22N2/c1-3-12(4-2)9-10-6-5-7-11-8-10/h10-11H,3-9H2,1-2H3/t10-/m0/s1. The van der Waals surface area contributed by atoms with Crippen molar-refractivity contribution < 1.29 is 0 Å². The van der Waals surface area contributed by atoms with Gasteiger partial charge in [-0.1, -0.05) is 13.8 Å². The van der Waals surface area contributed by atoms with Crippen LogP contribution in [0, 0.1) is 5.92 Å². The number of hydrogen-bond acceptors (Lipinski definition) is 2. The summed E-state index contributed by atoms with van der Waals surface area (Å²) >= 11 is 0. The normalized spacial score (nSPS) is 24.8. The molecule has 0 unspecified atom stereocenters. The highest BCUT2D eigenvalue weighted by molar-refractivity contribution is 4.71. The van der Waals surface area contributed by atoms with Crippen molar-refractivity contribution in [2.24, 2.45) is 5.92 Å². The van der Waals surface area contributed by atoms with Crippen LogP contribution >= 0.6 is 0 Å². The van der Waals surface area contributed by atoms with Gasteiger partial charge < -0.3 is 10.2 Å². The summed E-state index contributed by atoms with van der Waals surface area (Å²) in [5.41, 5.74) is 0. The molecule has 0 aromatic heterocycles. The molecule has 1 atom stereocenters. The third-order valence-electron chi connectivity index (χ3n) is 2.81. The van der Waals surface area contributed by atoms with E-state index in [0.29, 0.717) is 0 Å². The number of hydrogen-bond donors (Lipinski definition) is 1. The molecule has 2 heteroatoms. The van der Waals surface area contributed by atoms with Crippen molar-refractivity contribution in [1.29, 1.82) is 0 Å². The van der Waals surface area contributed by atoms with Gasteiger partial charge in [0, 0.05) is 6.54 Å². The molecule has 72 valence electrons. The van der Waals surface area contributed by atoms with Crippen LogP contribution in [0.3, 0.4) is 0 Å². The smallest absolute Gasteiger partial charge is 0.00216 e. The molecule has 1 aliphatic rings. The Morgan fingerprint density at radius 3 is 2.58 bits per heavy atom. The first-order valence-electron chi connectivity index (χ1n) is 5.29. The molecule has 12 heavy (non-hydrogen) atoms. The lowest BCUT2D eigenvalue weighted by atomic mass is 9.99. The Morgan fingerprint density at radius 1 is 1.33 bits per heavy atom. The molecule has 0 saturated carbocycles. The van der Waals surface area contributed by atoms with Crippen LogP contribution in [0.25, 0.3) is 0 Å². The zero-order chi connectivity index (χ0) is 8.81. The Kier molecular flexibility index (Phi) is 4.62. The Balaban J connectivity index is 2.18. The van der Waals surface area contributed by atoms with E-state index in [1.165, 1.54) is 45.6 Å². The summed E-state index contributed by atoms with van der Waals surface area (Å²) in [5, 5.41) is 3.46. The second-order valence-electron chi connectivity index (χ2n) is 3.70. The zero-order valence-electron chi connectivity index (χ0n) is 8.47. The molecular formula is C10H22N2. The number of nitrogens with one attached hydrogen (secondary N) is 1. The fraction of sp³-hybridized carbons (Fsp3) is 1.00. The molecule has 1 saturated heterocycles. The van der Waals surface area contributed by atoms with Crippen LogP contribution in [-0.4, -0.2) is 37.6 Å². The Hall–Kier alpha value is -0.0800. The van der Waals surface area contributed by atoms with Gasteiger partial charge in [-0.3, -0.25) is 0 Å². The van der Waals surface area contributed by atoms with Crippen LogP contribution in [0.5, 0.6) is 0 Å². The first-order valence-corrected chi connectivity index (χ1v) is 5.29. The van der Waals surface area contributed by atoms with Gasteiger partial charge in [0.25, 0.3) is 0 Å². The highest BCUT2D eigenvalue weighted by atomic mass is 15.1. The Labute approximate surface area is 76.3 Å². The van der Waals surface area contributed by atoms with E-state index in [2.05, 4.69) is 24.1 Å². The second kappa shape index (κ2) is 5.55. The Morgan fingerprint density at radius 2 is 2.08 bits per heavy atom. The molecular weight excluding hydrogens is 148 g/mol. The molecule has 1 N–H and O–H groups in total. The highest BCUT2D eigenvalue weighted by Crippen LogP contribution is 2.11. The third kappa shape index (κ3) is 3.11. The molecule has 0 aliphatic carbocycles. The van der Waals surface area contributed by atoms with E-state index < -0.39 is 0 Å². The molecule has 1 heterocycles. The van der Waals surface area contributed by atoms with Crippen LogP contribution in [0.4, 0.5) is 0 Å². The van der Waals surface area contributed by atoms with E-state index in [-0.39, 0.29) is 0 Å². The van der Waals surface area contributed by atoms with Gasteiger partial charge in [-0.25, -0.2) is 0 Å². The van der Waals surface area contributed by atoms with Crippen molar-refractivity contribution in [2.45, 2.75) is 26.7 Å². The van der Waals surface area contributed by atoms with Crippen LogP contribution in [0.1, 0.15) is 26.7 Å². The van der Waals surface area contributed by atoms with Gasteiger partial charge in [-0.05, 0) is 44.9 Å². The molecule has 0 amide bonds. The first kappa shape index (κ1) is 10.0. The maximum absolute atomic E-state index is 3.46. The van der Waals surface area contributed by atoms with Crippen molar-refractivity contribution in [3.63, 3.8) is 0 Å². The molecule has 0 spiro atoms. The van der Waals surface area contributed by atoms with Gasteiger partial charge in [-0.15, -0.1) is 0 Å². The summed E-state index contributed by atoms with van der Waals surface area (Å²) in [6.45, 7) is 10.7. The van der Waals surface area contributed by atoms with E-state index in [4.69, 9.17) is 0 Å². The predicted molar refractivity (Wildman–Crippen MR) is 53.4 cm³/mol. The number of nitrogens with zero attached hydrogens (tertiary/aromatic N) is 1. The van der Waals surface area contributed by atoms with E-state index in [1.807, 2.05) is 0 Å². The lowest BCUT2D eigenvalue weighted by Crippen LogP contribution is -2.38. The predicted octanol–water partition coefficient (Wildman–Crippen LogP) is 1.33. The molecule has 0 radical (unpaired) electrons. The lowest BCUT2D eigenvalue weighted by Gasteiger charge is -2.28. The largest absolute Gasteiger partial charge is 0.316 e. The topological polar surface area (TPSA) is 15.3 Å². The minimum absolute atomic E-state index is 0.902. The summed E-state index contributed by atoms with van der Waals surface area (Å²) in [6.07, 6.45) is 2.79. The number of piperidine rings is 1. The van der Waals surface area contributed by atoms with E-state index in [9.17, 15) is 0 Å². The van der Waals surface area contributed by atoms with Gasteiger partial charge in [0.15, 0.2) is 0 Å². The summed E-state index contributed by atoms with van der Waals surface area (Å²) in [4.78, 5) is 2.53. The average Bonchev–Trinajstić information content (AvgIpc) is 2.16. The summed E-state index contributed by atoms with van der Waals surface area (Å²) in [7, 11) is 0. The fourth-order valence-electron chi connectivity index (χ4n) is 1.93. The fourth-order valence-corrected chi connectivity index (χ4v) is 1.93. The Bertz CT molecular complexity index is 104. The SMILES string of the molecule is CCN(CC)C[C@H]1CCCNC1. The monoisotopic (exact) mass is 170 g/mol. The quantitative estimate of drug-likeness (QED) is 0.684. The van der Waals surface area contributed by atoms with Crippen molar-refractivity contribution >= 4 is 0 Å². The van der Waals surface area contributed by atoms with Gasteiger partial charge in [-0.2, -0.15) is 0 Å². The first-order chi connectivity index (χ1) is 5.86. The molecule has 1 fully saturated rings. The minimum atomic E-state index is 0.902. The van der Waals surface area contributed by atoms with Gasteiger partial charge in [0.05, 0.1) is 0 Å². The summed E-state index contributed by atoms with van der Waals surface area (Å²) < 4.78 is 0. The van der Waals surface area contributed by atoms with Crippen LogP contribution in [0.2, 0.25) is 0 Å². The van der Waals surface area contributed by atoms with Crippen molar-refractivity contribution in [2.75, 3.05) is 32.7 Å². The maximum atomic E-state index is 3.46. The van der Waals surface area contributed by atoms with Gasteiger partial charge >= 0.3 is 0 Å². The zero-order valence-corrected chi connectivity index (χ0v) is 8.47. The van der Waals surface area contributed by atoms with Gasteiger partial charge in [0.2, 0.25) is 0 Å². The van der Waals surface area contributed by atoms with E-state index in [0.717, 1.165) is 5.92 Å². The van der Waals surface area contributed by atoms with Crippen molar-refractivity contribution in [3.05, 3.63) is 0 Å². The average molecular weight is 170 g/mol. The van der Waals surface area contributed by atoms with Gasteiger partial charge in [0.1, 0.15) is 0 Å². The molecule has 0 aromatic rings. The van der Waals surface area contributed by atoms with Crippen LogP contribution in [0.15, 0.2) is 0 Å². The molecule has 0 aromatic carbocycles. The third-order valence-corrected chi connectivity index (χ3v) is 2.81.